The Bertz CT molecular complexity index is 382. The van der Waals surface area contributed by atoms with E-state index in [0.29, 0.717) is 32.0 Å². The van der Waals surface area contributed by atoms with Crippen molar-refractivity contribution in [3.8, 4) is 0 Å². The third kappa shape index (κ3) is 4.33. The summed E-state index contributed by atoms with van der Waals surface area (Å²) in [6.07, 6.45) is 2.74. The van der Waals surface area contributed by atoms with E-state index in [2.05, 4.69) is 5.32 Å². The molecule has 0 spiro atoms. The van der Waals surface area contributed by atoms with Gasteiger partial charge in [-0.1, -0.05) is 6.92 Å². The summed E-state index contributed by atoms with van der Waals surface area (Å²) in [7, 11) is 0. The number of carboxylic acids is 1. The van der Waals surface area contributed by atoms with Gasteiger partial charge in [0, 0.05) is 31.7 Å². The zero-order chi connectivity index (χ0) is 15.4. The van der Waals surface area contributed by atoms with E-state index in [0.717, 1.165) is 19.4 Å². The maximum absolute atomic E-state index is 12.3. The fourth-order valence-electron chi connectivity index (χ4n) is 3.26. The molecule has 21 heavy (non-hydrogen) atoms. The van der Waals surface area contributed by atoms with Crippen molar-refractivity contribution >= 4 is 12.0 Å². The fourth-order valence-corrected chi connectivity index (χ4v) is 3.26. The molecule has 0 aromatic heterocycles. The number of aliphatic carboxylic acids is 1. The van der Waals surface area contributed by atoms with Crippen molar-refractivity contribution in [2.45, 2.75) is 39.2 Å². The first-order chi connectivity index (χ1) is 9.97. The number of likely N-dealkylation sites (tertiary alicyclic amines) is 1. The number of hydrogen-bond donors (Lipinski definition) is 2. The highest BCUT2D eigenvalue weighted by Crippen LogP contribution is 2.22. The average molecular weight is 298 g/mol. The number of ether oxygens (including phenoxy) is 1. The molecule has 0 aromatic carbocycles. The van der Waals surface area contributed by atoms with Gasteiger partial charge in [0.1, 0.15) is 0 Å². The minimum atomic E-state index is -0.812. The fraction of sp³-hybridized carbons (Fsp3) is 0.867. The summed E-state index contributed by atoms with van der Waals surface area (Å²) in [6.45, 7) is 6.42. The highest BCUT2D eigenvalue weighted by molar-refractivity contribution is 5.76. The van der Waals surface area contributed by atoms with Gasteiger partial charge in [0.25, 0.3) is 0 Å². The number of amides is 2. The maximum atomic E-state index is 12.3. The van der Waals surface area contributed by atoms with Crippen LogP contribution in [0.5, 0.6) is 0 Å². The second-order valence-corrected chi connectivity index (χ2v) is 6.50. The minimum absolute atomic E-state index is 0.0540. The van der Waals surface area contributed by atoms with Crippen LogP contribution in [-0.4, -0.2) is 54.4 Å². The Morgan fingerprint density at radius 3 is 2.76 bits per heavy atom. The van der Waals surface area contributed by atoms with E-state index in [1.807, 2.05) is 13.8 Å². The van der Waals surface area contributed by atoms with Gasteiger partial charge in [-0.15, -0.1) is 0 Å². The molecule has 0 saturated carbocycles. The van der Waals surface area contributed by atoms with Crippen LogP contribution in [0.1, 0.15) is 33.1 Å². The van der Waals surface area contributed by atoms with Crippen LogP contribution in [0, 0.1) is 17.8 Å². The summed E-state index contributed by atoms with van der Waals surface area (Å²) in [5, 5.41) is 12.2. The molecule has 4 atom stereocenters. The van der Waals surface area contributed by atoms with Crippen molar-refractivity contribution in [1.29, 1.82) is 0 Å². The first-order valence-electron chi connectivity index (χ1n) is 7.83. The number of carbonyl (C=O) groups excluding carboxylic acids is 1. The summed E-state index contributed by atoms with van der Waals surface area (Å²) >= 11 is 0. The summed E-state index contributed by atoms with van der Waals surface area (Å²) in [5.74, 6) is -0.694. The predicted octanol–water partition coefficient (Wildman–Crippen LogP) is 1.55. The molecule has 4 unspecified atom stereocenters. The minimum Gasteiger partial charge on any atom is -0.481 e. The zero-order valence-corrected chi connectivity index (χ0v) is 12.9. The summed E-state index contributed by atoms with van der Waals surface area (Å²) < 4.78 is 5.45. The van der Waals surface area contributed by atoms with Crippen LogP contribution in [0.25, 0.3) is 0 Å². The van der Waals surface area contributed by atoms with Crippen LogP contribution in [0.2, 0.25) is 0 Å². The van der Waals surface area contributed by atoms with Gasteiger partial charge in [-0.25, -0.2) is 4.79 Å². The Morgan fingerprint density at radius 1 is 1.38 bits per heavy atom. The number of nitrogens with zero attached hydrogens (tertiary/aromatic N) is 1. The number of nitrogens with one attached hydrogen (secondary N) is 1. The third-order valence-corrected chi connectivity index (χ3v) is 4.55. The molecule has 2 amide bonds. The number of piperidine rings is 1. The molecule has 2 heterocycles. The second-order valence-electron chi connectivity index (χ2n) is 6.50. The summed E-state index contributed by atoms with van der Waals surface area (Å²) in [4.78, 5) is 25.2. The SMILES string of the molecule is CC1CC(C(=O)O)CN(C(=O)NC(C)C2CCCOC2)C1. The van der Waals surface area contributed by atoms with Crippen molar-refractivity contribution in [1.82, 2.24) is 10.2 Å². The summed E-state index contributed by atoms with van der Waals surface area (Å²) in [5.41, 5.74) is 0. The monoisotopic (exact) mass is 298 g/mol. The molecule has 2 saturated heterocycles. The molecule has 0 aromatic rings. The number of carbonyl (C=O) groups is 2. The van der Waals surface area contributed by atoms with E-state index < -0.39 is 11.9 Å². The van der Waals surface area contributed by atoms with Crippen molar-refractivity contribution in [3.63, 3.8) is 0 Å². The third-order valence-electron chi connectivity index (χ3n) is 4.55. The molecule has 2 N–H and O–H groups in total. The van der Waals surface area contributed by atoms with Crippen molar-refractivity contribution in [2.24, 2.45) is 17.8 Å². The quantitative estimate of drug-likeness (QED) is 0.828. The standard InChI is InChI=1S/C15H26N2O4/c1-10-6-13(14(18)19)8-17(7-10)15(20)16-11(2)12-4-3-5-21-9-12/h10-13H,3-9H2,1-2H3,(H,16,20)(H,18,19). The lowest BCUT2D eigenvalue weighted by molar-refractivity contribution is -0.143. The number of hydrogen-bond acceptors (Lipinski definition) is 3. The molecular formula is C15H26N2O4. The van der Waals surface area contributed by atoms with Crippen LogP contribution in [0.4, 0.5) is 4.79 Å². The van der Waals surface area contributed by atoms with Crippen LogP contribution < -0.4 is 5.32 Å². The Hall–Kier alpha value is -1.30. The van der Waals surface area contributed by atoms with E-state index >= 15 is 0 Å². The average Bonchev–Trinajstić information content (AvgIpc) is 2.47. The van der Waals surface area contributed by atoms with Gasteiger partial charge in [0.15, 0.2) is 0 Å². The van der Waals surface area contributed by atoms with Gasteiger partial charge in [-0.05, 0) is 32.1 Å². The molecular weight excluding hydrogens is 272 g/mol. The van der Waals surface area contributed by atoms with Gasteiger partial charge >= 0.3 is 12.0 Å². The Morgan fingerprint density at radius 2 is 2.14 bits per heavy atom. The lowest BCUT2D eigenvalue weighted by Gasteiger charge is -2.36. The van der Waals surface area contributed by atoms with E-state index in [1.165, 1.54) is 0 Å². The highest BCUT2D eigenvalue weighted by Gasteiger charge is 2.33. The lowest BCUT2D eigenvalue weighted by atomic mass is 9.90. The Balaban J connectivity index is 1.87. The van der Waals surface area contributed by atoms with Crippen molar-refractivity contribution in [2.75, 3.05) is 26.3 Å². The van der Waals surface area contributed by atoms with Gasteiger partial charge in [0.05, 0.1) is 12.5 Å². The zero-order valence-electron chi connectivity index (χ0n) is 12.9. The normalized spacial score (nSPS) is 31.5. The first-order valence-corrected chi connectivity index (χ1v) is 7.83. The molecule has 0 bridgehead atoms. The molecule has 2 fully saturated rings. The molecule has 0 aliphatic carbocycles. The van der Waals surface area contributed by atoms with Crippen LogP contribution >= 0.6 is 0 Å². The predicted molar refractivity (Wildman–Crippen MR) is 78.0 cm³/mol. The van der Waals surface area contributed by atoms with Crippen LogP contribution in [0.3, 0.4) is 0 Å². The largest absolute Gasteiger partial charge is 0.481 e. The lowest BCUT2D eigenvalue weighted by Crippen LogP contribution is -2.53. The van der Waals surface area contributed by atoms with Crippen LogP contribution in [-0.2, 0) is 9.53 Å². The first kappa shape index (κ1) is 16.1. The van der Waals surface area contributed by atoms with Crippen LogP contribution in [0.15, 0.2) is 0 Å². The summed E-state index contributed by atoms with van der Waals surface area (Å²) in [6, 6.07) is -0.0933. The van der Waals surface area contributed by atoms with E-state index in [9.17, 15) is 9.59 Å². The van der Waals surface area contributed by atoms with E-state index in [-0.39, 0.29) is 18.0 Å². The molecule has 120 valence electrons. The highest BCUT2D eigenvalue weighted by atomic mass is 16.5. The number of carboxylic acid groups (broad SMARTS) is 1. The molecule has 2 aliphatic heterocycles. The van der Waals surface area contributed by atoms with Crippen molar-refractivity contribution < 1.29 is 19.4 Å². The van der Waals surface area contributed by atoms with Gasteiger partial charge in [-0.3, -0.25) is 4.79 Å². The maximum Gasteiger partial charge on any atom is 0.317 e. The Kier molecular flexibility index (Phi) is 5.45. The topological polar surface area (TPSA) is 78.9 Å². The van der Waals surface area contributed by atoms with E-state index in [4.69, 9.17) is 9.84 Å². The molecule has 6 nitrogen and oxygen atoms in total. The number of rotatable bonds is 3. The second kappa shape index (κ2) is 7.11. The molecule has 0 radical (unpaired) electrons. The molecule has 2 aliphatic rings. The molecule has 6 heteroatoms. The van der Waals surface area contributed by atoms with Gasteiger partial charge in [0.2, 0.25) is 0 Å². The Labute approximate surface area is 125 Å². The van der Waals surface area contributed by atoms with Gasteiger partial charge in [-0.2, -0.15) is 0 Å². The van der Waals surface area contributed by atoms with E-state index in [1.54, 1.807) is 4.90 Å². The number of urea groups is 1. The van der Waals surface area contributed by atoms with Crippen molar-refractivity contribution in [3.05, 3.63) is 0 Å². The van der Waals surface area contributed by atoms with Gasteiger partial charge < -0.3 is 20.1 Å². The molecule has 2 rings (SSSR count). The smallest absolute Gasteiger partial charge is 0.317 e.